The van der Waals surface area contributed by atoms with E-state index in [1.807, 2.05) is 18.2 Å². The van der Waals surface area contributed by atoms with Crippen LogP contribution >= 0.6 is 0 Å². The summed E-state index contributed by atoms with van der Waals surface area (Å²) in [5, 5.41) is 12.0. The van der Waals surface area contributed by atoms with Crippen molar-refractivity contribution in [1.82, 2.24) is 0 Å². The van der Waals surface area contributed by atoms with Gasteiger partial charge in [0, 0.05) is 12.0 Å². The molecule has 1 atom stereocenters. The van der Waals surface area contributed by atoms with Gasteiger partial charge in [0.2, 0.25) is 0 Å². The molecular formula is C16H16O3. The van der Waals surface area contributed by atoms with Crippen molar-refractivity contribution in [3.63, 3.8) is 0 Å². The molecule has 0 bridgehead atoms. The molecular weight excluding hydrogens is 240 g/mol. The molecule has 2 aromatic rings. The number of hydrogen-bond acceptors (Lipinski definition) is 3. The highest BCUT2D eigenvalue weighted by atomic mass is 16.5. The number of ether oxygens (including phenoxy) is 2. The van der Waals surface area contributed by atoms with Gasteiger partial charge in [-0.3, -0.25) is 0 Å². The van der Waals surface area contributed by atoms with Crippen molar-refractivity contribution in [3.05, 3.63) is 53.5 Å². The maximum Gasteiger partial charge on any atom is 0.134 e. The second-order valence-electron chi connectivity index (χ2n) is 4.75. The van der Waals surface area contributed by atoms with Crippen LogP contribution in [0.2, 0.25) is 0 Å². The summed E-state index contributed by atoms with van der Waals surface area (Å²) in [6.45, 7) is 1.78. The number of aliphatic hydroxyl groups excluding tert-OH is 1. The second-order valence-corrected chi connectivity index (χ2v) is 4.75. The summed E-state index contributed by atoms with van der Waals surface area (Å²) in [6, 6.07) is 12.2. The lowest BCUT2D eigenvalue weighted by molar-refractivity contribution is 0.144. The van der Waals surface area contributed by atoms with Gasteiger partial charge in [-0.15, -0.1) is 0 Å². The SMILES string of the molecule is COc1cc2ccccc2cc1[C@H]1CC(O)=C(C)O1. The van der Waals surface area contributed by atoms with Crippen LogP contribution < -0.4 is 4.74 Å². The second kappa shape index (κ2) is 4.50. The fourth-order valence-corrected chi connectivity index (χ4v) is 2.48. The van der Waals surface area contributed by atoms with Crippen molar-refractivity contribution >= 4 is 10.8 Å². The molecule has 1 aliphatic rings. The quantitative estimate of drug-likeness (QED) is 0.879. The minimum Gasteiger partial charge on any atom is -0.509 e. The zero-order valence-electron chi connectivity index (χ0n) is 11.0. The number of aliphatic hydroxyl groups is 1. The number of hydrogen-bond donors (Lipinski definition) is 1. The standard InChI is InChI=1S/C16H16O3/c1-10-14(17)9-16(19-10)13-7-11-5-3-4-6-12(11)8-15(13)18-2/h3-8,16-17H,9H2,1-2H3/t16-/m1/s1. The summed E-state index contributed by atoms with van der Waals surface area (Å²) in [6.07, 6.45) is 0.333. The van der Waals surface area contributed by atoms with E-state index in [1.54, 1.807) is 14.0 Å². The molecule has 1 N–H and O–H groups in total. The smallest absolute Gasteiger partial charge is 0.134 e. The van der Waals surface area contributed by atoms with Gasteiger partial charge in [-0.2, -0.15) is 0 Å². The topological polar surface area (TPSA) is 38.7 Å². The average molecular weight is 256 g/mol. The molecule has 3 rings (SSSR count). The highest BCUT2D eigenvalue weighted by Gasteiger charge is 2.27. The van der Waals surface area contributed by atoms with Crippen molar-refractivity contribution in [2.45, 2.75) is 19.4 Å². The lowest BCUT2D eigenvalue weighted by Gasteiger charge is -2.16. The van der Waals surface area contributed by atoms with Crippen molar-refractivity contribution in [3.8, 4) is 5.75 Å². The monoisotopic (exact) mass is 256 g/mol. The van der Waals surface area contributed by atoms with Crippen molar-refractivity contribution < 1.29 is 14.6 Å². The predicted molar refractivity (Wildman–Crippen MR) is 74.3 cm³/mol. The zero-order chi connectivity index (χ0) is 13.4. The molecule has 0 saturated heterocycles. The zero-order valence-corrected chi connectivity index (χ0v) is 11.0. The van der Waals surface area contributed by atoms with Crippen LogP contribution in [-0.2, 0) is 4.74 Å². The highest BCUT2D eigenvalue weighted by Crippen LogP contribution is 2.40. The molecule has 1 aliphatic heterocycles. The van der Waals surface area contributed by atoms with Gasteiger partial charge in [0.25, 0.3) is 0 Å². The molecule has 0 fully saturated rings. The van der Waals surface area contributed by atoms with Gasteiger partial charge in [-0.1, -0.05) is 24.3 Å². The normalized spacial score (nSPS) is 18.7. The van der Waals surface area contributed by atoms with Gasteiger partial charge >= 0.3 is 0 Å². The lowest BCUT2D eigenvalue weighted by atomic mass is 10.0. The molecule has 0 unspecified atom stereocenters. The van der Waals surface area contributed by atoms with E-state index >= 15 is 0 Å². The Kier molecular flexibility index (Phi) is 2.82. The van der Waals surface area contributed by atoms with Gasteiger partial charge in [0.05, 0.1) is 7.11 Å². The Hall–Kier alpha value is -2.16. The molecule has 0 spiro atoms. The van der Waals surface area contributed by atoms with Crippen LogP contribution in [0.1, 0.15) is 25.0 Å². The molecule has 3 nitrogen and oxygen atoms in total. The van der Waals surface area contributed by atoms with Crippen LogP contribution in [0.4, 0.5) is 0 Å². The van der Waals surface area contributed by atoms with E-state index < -0.39 is 0 Å². The number of rotatable bonds is 2. The fraction of sp³-hybridized carbons (Fsp3) is 0.250. The Morgan fingerprint density at radius 2 is 1.89 bits per heavy atom. The van der Waals surface area contributed by atoms with Crippen LogP contribution in [0.3, 0.4) is 0 Å². The molecule has 0 radical (unpaired) electrons. The molecule has 0 aliphatic carbocycles. The lowest BCUT2D eigenvalue weighted by Crippen LogP contribution is -2.00. The van der Waals surface area contributed by atoms with E-state index in [4.69, 9.17) is 9.47 Å². The summed E-state index contributed by atoms with van der Waals surface area (Å²) >= 11 is 0. The van der Waals surface area contributed by atoms with Gasteiger partial charge in [0.1, 0.15) is 23.4 Å². The fourth-order valence-electron chi connectivity index (χ4n) is 2.48. The van der Waals surface area contributed by atoms with Gasteiger partial charge in [-0.05, 0) is 29.8 Å². The van der Waals surface area contributed by atoms with Crippen LogP contribution in [0.15, 0.2) is 47.9 Å². The summed E-state index contributed by atoms with van der Waals surface area (Å²) in [5.74, 6) is 1.71. The van der Waals surface area contributed by atoms with Crippen LogP contribution in [-0.4, -0.2) is 12.2 Å². The Morgan fingerprint density at radius 1 is 1.21 bits per heavy atom. The maximum atomic E-state index is 9.72. The van der Waals surface area contributed by atoms with E-state index in [2.05, 4.69) is 18.2 Å². The number of fused-ring (bicyclic) bond motifs is 1. The minimum atomic E-state index is -0.167. The maximum absolute atomic E-state index is 9.72. The Morgan fingerprint density at radius 3 is 2.47 bits per heavy atom. The molecule has 0 saturated carbocycles. The van der Waals surface area contributed by atoms with Crippen molar-refractivity contribution in [2.75, 3.05) is 7.11 Å². The first-order chi connectivity index (χ1) is 9.19. The van der Waals surface area contributed by atoms with Crippen LogP contribution in [0.5, 0.6) is 5.75 Å². The summed E-state index contributed by atoms with van der Waals surface area (Å²) in [7, 11) is 1.66. The van der Waals surface area contributed by atoms with E-state index in [0.29, 0.717) is 17.9 Å². The number of benzene rings is 2. The van der Waals surface area contributed by atoms with Crippen molar-refractivity contribution in [1.29, 1.82) is 0 Å². The highest BCUT2D eigenvalue weighted by molar-refractivity contribution is 5.85. The average Bonchev–Trinajstić information content (AvgIpc) is 2.77. The molecule has 19 heavy (non-hydrogen) atoms. The third kappa shape index (κ3) is 2.01. The summed E-state index contributed by atoms with van der Waals surface area (Å²) in [5.41, 5.74) is 0.976. The van der Waals surface area contributed by atoms with Crippen LogP contribution in [0, 0.1) is 0 Å². The van der Waals surface area contributed by atoms with Crippen molar-refractivity contribution in [2.24, 2.45) is 0 Å². The summed E-state index contributed by atoms with van der Waals surface area (Å²) in [4.78, 5) is 0. The molecule has 98 valence electrons. The minimum absolute atomic E-state index is 0.167. The van der Waals surface area contributed by atoms with Gasteiger partial charge in [0.15, 0.2) is 0 Å². The first kappa shape index (κ1) is 11.9. The molecule has 0 amide bonds. The molecule has 1 heterocycles. The Bertz CT molecular complexity index is 644. The Balaban J connectivity index is 2.08. The summed E-state index contributed by atoms with van der Waals surface area (Å²) < 4.78 is 11.2. The number of allylic oxidation sites excluding steroid dienone is 1. The largest absolute Gasteiger partial charge is 0.509 e. The first-order valence-electron chi connectivity index (χ1n) is 6.31. The predicted octanol–water partition coefficient (Wildman–Crippen LogP) is 4.10. The van der Waals surface area contributed by atoms with E-state index in [1.165, 1.54) is 0 Å². The van der Waals surface area contributed by atoms with E-state index in [-0.39, 0.29) is 6.10 Å². The Labute approximate surface area is 112 Å². The first-order valence-corrected chi connectivity index (χ1v) is 6.31. The third-order valence-corrected chi connectivity index (χ3v) is 3.55. The molecule has 3 heteroatoms. The third-order valence-electron chi connectivity index (χ3n) is 3.55. The van der Waals surface area contributed by atoms with E-state index in [0.717, 1.165) is 22.1 Å². The van der Waals surface area contributed by atoms with Gasteiger partial charge in [-0.25, -0.2) is 0 Å². The van der Waals surface area contributed by atoms with Crippen LogP contribution in [0.25, 0.3) is 10.8 Å². The number of methoxy groups -OCH3 is 1. The molecule has 2 aromatic carbocycles. The molecule has 0 aromatic heterocycles. The van der Waals surface area contributed by atoms with E-state index in [9.17, 15) is 5.11 Å². The van der Waals surface area contributed by atoms with Gasteiger partial charge < -0.3 is 14.6 Å².